The summed E-state index contributed by atoms with van der Waals surface area (Å²) in [5.74, 6) is 1.65. The summed E-state index contributed by atoms with van der Waals surface area (Å²) >= 11 is 0. The molecule has 1 aromatic carbocycles. The number of hydrogen-bond acceptors (Lipinski definition) is 4. The number of carbonyl (C=O) groups excluding carboxylic acids is 2. The average molecular weight is 374 g/mol. The summed E-state index contributed by atoms with van der Waals surface area (Å²) in [5.41, 5.74) is 0.508. The molecule has 2 heterocycles. The fourth-order valence-corrected chi connectivity index (χ4v) is 3.92. The van der Waals surface area contributed by atoms with Gasteiger partial charge in [-0.25, -0.2) is 0 Å². The smallest absolute Gasteiger partial charge is 0.228 e. The molecular formula is C21H30N2O4. The Morgan fingerprint density at radius 1 is 1.04 bits per heavy atom. The molecule has 3 rings (SSSR count). The predicted octanol–water partition coefficient (Wildman–Crippen LogP) is 2.49. The second-order valence-electron chi connectivity index (χ2n) is 8.61. The van der Waals surface area contributed by atoms with Crippen molar-refractivity contribution in [3.05, 3.63) is 23.8 Å². The molecule has 0 bridgehead atoms. The number of benzene rings is 1. The predicted molar refractivity (Wildman–Crippen MR) is 103 cm³/mol. The minimum absolute atomic E-state index is 0.00948. The van der Waals surface area contributed by atoms with Crippen LogP contribution in [0.1, 0.15) is 40.2 Å². The zero-order chi connectivity index (χ0) is 19.8. The highest BCUT2D eigenvalue weighted by molar-refractivity contribution is 5.83. The molecule has 1 aromatic rings. The fourth-order valence-electron chi connectivity index (χ4n) is 3.92. The maximum atomic E-state index is 13.0. The van der Waals surface area contributed by atoms with E-state index in [2.05, 4.69) is 0 Å². The normalized spacial score (nSPS) is 22.6. The van der Waals surface area contributed by atoms with Crippen LogP contribution in [0.25, 0.3) is 0 Å². The molecule has 0 N–H and O–H groups in total. The molecule has 2 aliphatic rings. The van der Waals surface area contributed by atoms with Crippen molar-refractivity contribution in [2.45, 2.75) is 53.1 Å². The van der Waals surface area contributed by atoms with Gasteiger partial charge in [0, 0.05) is 30.6 Å². The second kappa shape index (κ2) is 7.41. The highest BCUT2D eigenvalue weighted by Gasteiger charge is 2.37. The lowest BCUT2D eigenvalue weighted by atomic mass is 9.93. The van der Waals surface area contributed by atoms with Gasteiger partial charge in [0.25, 0.3) is 0 Å². The molecule has 1 saturated heterocycles. The lowest BCUT2D eigenvalue weighted by Gasteiger charge is -2.46. The monoisotopic (exact) mass is 374 g/mol. The molecule has 2 amide bonds. The Morgan fingerprint density at radius 2 is 1.63 bits per heavy atom. The van der Waals surface area contributed by atoms with Crippen LogP contribution >= 0.6 is 0 Å². The molecule has 2 atom stereocenters. The molecule has 6 heteroatoms. The summed E-state index contributed by atoms with van der Waals surface area (Å²) in [6.45, 7) is 12.1. The summed E-state index contributed by atoms with van der Waals surface area (Å²) in [6.07, 6.45) is 0.318. The Hall–Kier alpha value is -2.24. The van der Waals surface area contributed by atoms with E-state index in [-0.39, 0.29) is 23.9 Å². The van der Waals surface area contributed by atoms with Gasteiger partial charge in [0.2, 0.25) is 11.8 Å². The first-order valence-electron chi connectivity index (χ1n) is 9.66. The van der Waals surface area contributed by atoms with Gasteiger partial charge in [-0.15, -0.1) is 0 Å². The Labute approximate surface area is 161 Å². The van der Waals surface area contributed by atoms with Crippen LogP contribution in [0, 0.1) is 5.41 Å². The van der Waals surface area contributed by atoms with Crippen molar-refractivity contribution in [3.63, 3.8) is 0 Å². The highest BCUT2D eigenvalue weighted by Crippen LogP contribution is 2.31. The van der Waals surface area contributed by atoms with E-state index >= 15 is 0 Å². The summed E-state index contributed by atoms with van der Waals surface area (Å²) in [6, 6.07) is 5.65. The molecule has 0 saturated carbocycles. The molecule has 0 aliphatic carbocycles. The maximum Gasteiger partial charge on any atom is 0.228 e. The number of fused-ring (bicyclic) bond motifs is 1. The van der Waals surface area contributed by atoms with Crippen LogP contribution in [0.2, 0.25) is 0 Å². The fraction of sp³-hybridized carbons (Fsp3) is 0.619. The van der Waals surface area contributed by atoms with Gasteiger partial charge >= 0.3 is 0 Å². The van der Waals surface area contributed by atoms with E-state index in [0.717, 1.165) is 11.3 Å². The Balaban J connectivity index is 1.67. The van der Waals surface area contributed by atoms with E-state index in [1.165, 1.54) is 0 Å². The average Bonchev–Trinajstić information content (AvgIpc) is 2.59. The van der Waals surface area contributed by atoms with Crippen LogP contribution in [0.3, 0.4) is 0 Å². The summed E-state index contributed by atoms with van der Waals surface area (Å²) in [5, 5.41) is 0. The number of hydrogen-bond donors (Lipinski definition) is 0. The summed E-state index contributed by atoms with van der Waals surface area (Å²) in [4.78, 5) is 29.4. The van der Waals surface area contributed by atoms with Gasteiger partial charge in [0.15, 0.2) is 11.5 Å². The van der Waals surface area contributed by atoms with Crippen molar-refractivity contribution in [1.82, 2.24) is 9.80 Å². The quantitative estimate of drug-likeness (QED) is 0.798. The van der Waals surface area contributed by atoms with Crippen molar-refractivity contribution in [2.24, 2.45) is 5.41 Å². The Bertz CT molecular complexity index is 713. The van der Waals surface area contributed by atoms with E-state index < -0.39 is 5.41 Å². The van der Waals surface area contributed by atoms with E-state index in [1.807, 2.05) is 62.6 Å². The van der Waals surface area contributed by atoms with Gasteiger partial charge < -0.3 is 19.3 Å². The minimum atomic E-state index is -0.406. The van der Waals surface area contributed by atoms with Crippen LogP contribution in [-0.2, 0) is 16.0 Å². The van der Waals surface area contributed by atoms with Crippen LogP contribution in [0.15, 0.2) is 18.2 Å². The number of nitrogens with zero attached hydrogens (tertiary/aromatic N) is 2. The van der Waals surface area contributed by atoms with Gasteiger partial charge in [-0.2, -0.15) is 0 Å². The third-order valence-corrected chi connectivity index (χ3v) is 5.10. The van der Waals surface area contributed by atoms with Gasteiger partial charge in [-0.1, -0.05) is 26.8 Å². The number of amides is 2. The van der Waals surface area contributed by atoms with Crippen LogP contribution in [0.5, 0.6) is 11.5 Å². The number of piperazine rings is 1. The first-order valence-corrected chi connectivity index (χ1v) is 9.66. The number of ether oxygens (including phenoxy) is 2. The molecular weight excluding hydrogens is 344 g/mol. The van der Waals surface area contributed by atoms with Crippen molar-refractivity contribution >= 4 is 11.8 Å². The largest absolute Gasteiger partial charge is 0.486 e. The highest BCUT2D eigenvalue weighted by atomic mass is 16.6. The van der Waals surface area contributed by atoms with Gasteiger partial charge in [0.05, 0.1) is 6.42 Å². The Kier molecular flexibility index (Phi) is 5.36. The van der Waals surface area contributed by atoms with Crippen LogP contribution in [-0.4, -0.2) is 60.0 Å². The van der Waals surface area contributed by atoms with E-state index in [0.29, 0.717) is 38.5 Å². The molecule has 2 aliphatic heterocycles. The molecule has 1 fully saturated rings. The molecule has 27 heavy (non-hydrogen) atoms. The van der Waals surface area contributed by atoms with Crippen molar-refractivity contribution in [1.29, 1.82) is 0 Å². The maximum absolute atomic E-state index is 13.0. The van der Waals surface area contributed by atoms with E-state index in [4.69, 9.17) is 9.47 Å². The van der Waals surface area contributed by atoms with Crippen molar-refractivity contribution in [3.8, 4) is 11.5 Å². The lowest BCUT2D eigenvalue weighted by Crippen LogP contribution is -2.61. The standard InChI is InChI=1S/C21H30N2O4/c1-14-12-22(20(25)21(3,4)5)13-15(2)23(14)19(24)11-16-6-7-17-18(10-16)27-9-8-26-17/h6-7,10,14-15H,8-9,11-13H2,1-5H3/t14-,15-/m1/s1. The molecule has 148 valence electrons. The third-order valence-electron chi connectivity index (χ3n) is 5.10. The summed E-state index contributed by atoms with van der Waals surface area (Å²) < 4.78 is 11.1. The van der Waals surface area contributed by atoms with Crippen molar-refractivity contribution in [2.75, 3.05) is 26.3 Å². The first kappa shape index (κ1) is 19.5. The zero-order valence-electron chi connectivity index (χ0n) is 16.9. The number of carbonyl (C=O) groups is 2. The molecule has 6 nitrogen and oxygen atoms in total. The topological polar surface area (TPSA) is 59.1 Å². The molecule has 0 spiro atoms. The van der Waals surface area contributed by atoms with Gasteiger partial charge in [0.1, 0.15) is 13.2 Å². The SMILES string of the molecule is C[C@@H]1CN(C(=O)C(C)(C)C)C[C@@H](C)N1C(=O)Cc1ccc2c(c1)OCCO2. The van der Waals surface area contributed by atoms with Gasteiger partial charge in [-0.3, -0.25) is 9.59 Å². The molecule has 0 radical (unpaired) electrons. The Morgan fingerprint density at radius 3 is 2.22 bits per heavy atom. The molecule has 0 unspecified atom stereocenters. The second-order valence-corrected chi connectivity index (χ2v) is 8.61. The zero-order valence-corrected chi connectivity index (χ0v) is 16.9. The van der Waals surface area contributed by atoms with Gasteiger partial charge in [-0.05, 0) is 31.5 Å². The summed E-state index contributed by atoms with van der Waals surface area (Å²) in [7, 11) is 0. The van der Waals surface area contributed by atoms with Crippen LogP contribution in [0.4, 0.5) is 0 Å². The van der Waals surface area contributed by atoms with Crippen LogP contribution < -0.4 is 9.47 Å². The van der Waals surface area contributed by atoms with E-state index in [9.17, 15) is 9.59 Å². The first-order chi connectivity index (χ1) is 12.7. The minimum Gasteiger partial charge on any atom is -0.486 e. The third kappa shape index (κ3) is 4.20. The van der Waals surface area contributed by atoms with Crippen molar-refractivity contribution < 1.29 is 19.1 Å². The lowest BCUT2D eigenvalue weighted by molar-refractivity contribution is -0.150. The van der Waals surface area contributed by atoms with E-state index in [1.54, 1.807) is 0 Å². The molecule has 0 aromatic heterocycles. The number of rotatable bonds is 2.